The molecular formula is C17H18O5. The number of hydrogen-bond acceptors (Lipinski definition) is 5. The predicted molar refractivity (Wildman–Crippen MR) is 77.1 cm³/mol. The Morgan fingerprint density at radius 2 is 2.00 bits per heavy atom. The lowest BCUT2D eigenvalue weighted by Gasteiger charge is -2.70. The quantitative estimate of drug-likeness (QED) is 0.802. The van der Waals surface area contributed by atoms with Crippen LogP contribution in [0.2, 0.25) is 0 Å². The molecule has 22 heavy (non-hydrogen) atoms. The van der Waals surface area contributed by atoms with E-state index in [4.69, 9.17) is 14.2 Å². The number of ether oxygens (including phenoxy) is 3. The molecule has 0 amide bonds. The fourth-order valence-corrected chi connectivity index (χ4v) is 4.41. The Balaban J connectivity index is 1.55. The highest BCUT2D eigenvalue weighted by molar-refractivity contribution is 6.00. The summed E-state index contributed by atoms with van der Waals surface area (Å²) < 4.78 is 16.2. The molecule has 116 valence electrons. The van der Waals surface area contributed by atoms with Gasteiger partial charge in [0, 0.05) is 17.9 Å². The summed E-state index contributed by atoms with van der Waals surface area (Å²) in [4.78, 5) is 24.1. The molecule has 5 rings (SSSR count). The van der Waals surface area contributed by atoms with Crippen molar-refractivity contribution >= 4 is 11.8 Å². The predicted octanol–water partition coefficient (Wildman–Crippen LogP) is 2.37. The first-order valence-corrected chi connectivity index (χ1v) is 7.48. The summed E-state index contributed by atoms with van der Waals surface area (Å²) in [7, 11) is 3.02. The zero-order valence-corrected chi connectivity index (χ0v) is 12.7. The minimum atomic E-state index is -0.310. The Bertz CT molecular complexity index is 658. The van der Waals surface area contributed by atoms with Crippen LogP contribution in [0.25, 0.3) is 0 Å². The normalized spacial score (nSPS) is 34.6. The molecule has 3 aliphatic carbocycles. The van der Waals surface area contributed by atoms with Crippen molar-refractivity contribution in [1.29, 1.82) is 0 Å². The number of rotatable bonds is 3. The zero-order valence-electron chi connectivity index (χ0n) is 12.7. The fraction of sp³-hybridized carbons (Fsp3) is 0.529. The first-order valence-electron chi connectivity index (χ1n) is 7.48. The SMILES string of the molecule is COC(=O)C12CC(C3CC(=O)c4ccc(OC)cc4O3)(C1)C2. The van der Waals surface area contributed by atoms with E-state index < -0.39 is 0 Å². The molecule has 0 radical (unpaired) electrons. The molecule has 1 aromatic carbocycles. The van der Waals surface area contributed by atoms with Crippen LogP contribution >= 0.6 is 0 Å². The molecular weight excluding hydrogens is 284 g/mol. The number of hydrogen-bond donors (Lipinski definition) is 0. The number of ketones is 1. The smallest absolute Gasteiger partial charge is 0.311 e. The van der Waals surface area contributed by atoms with Gasteiger partial charge >= 0.3 is 5.97 Å². The summed E-state index contributed by atoms with van der Waals surface area (Å²) in [6.45, 7) is 0. The topological polar surface area (TPSA) is 61.8 Å². The number of carbonyl (C=O) groups excluding carboxylic acids is 2. The molecule has 5 heteroatoms. The van der Waals surface area contributed by atoms with Gasteiger partial charge in [-0.15, -0.1) is 0 Å². The summed E-state index contributed by atoms with van der Waals surface area (Å²) in [5, 5.41) is 0. The highest BCUT2D eigenvalue weighted by Crippen LogP contribution is 2.76. The molecule has 1 aliphatic heterocycles. The molecule has 4 aliphatic rings. The van der Waals surface area contributed by atoms with Crippen molar-refractivity contribution in [1.82, 2.24) is 0 Å². The van der Waals surface area contributed by atoms with Crippen LogP contribution in [-0.4, -0.2) is 32.1 Å². The van der Waals surface area contributed by atoms with E-state index in [9.17, 15) is 9.59 Å². The van der Waals surface area contributed by atoms with Gasteiger partial charge in [-0.1, -0.05) is 0 Å². The van der Waals surface area contributed by atoms with Gasteiger partial charge in [-0.3, -0.25) is 9.59 Å². The first kappa shape index (κ1) is 13.6. The largest absolute Gasteiger partial charge is 0.497 e. The minimum Gasteiger partial charge on any atom is -0.497 e. The van der Waals surface area contributed by atoms with Crippen LogP contribution in [0.5, 0.6) is 11.5 Å². The molecule has 2 bridgehead atoms. The van der Waals surface area contributed by atoms with E-state index in [1.807, 2.05) is 0 Å². The Morgan fingerprint density at radius 1 is 1.27 bits per heavy atom. The molecule has 1 heterocycles. The lowest BCUT2D eigenvalue weighted by Crippen LogP contribution is -2.71. The van der Waals surface area contributed by atoms with Gasteiger partial charge in [-0.05, 0) is 31.4 Å². The average Bonchev–Trinajstić information content (AvgIpc) is 2.43. The van der Waals surface area contributed by atoms with Crippen LogP contribution in [0, 0.1) is 10.8 Å². The number of Topliss-reactive ketones (excluding diaryl/α,β-unsaturated/α-hetero) is 1. The third-order valence-corrected chi connectivity index (χ3v) is 5.50. The van der Waals surface area contributed by atoms with Crippen molar-refractivity contribution in [3.63, 3.8) is 0 Å². The monoisotopic (exact) mass is 302 g/mol. The maximum absolute atomic E-state index is 12.4. The van der Waals surface area contributed by atoms with Crippen LogP contribution in [0.1, 0.15) is 36.0 Å². The van der Waals surface area contributed by atoms with Crippen molar-refractivity contribution in [3.05, 3.63) is 23.8 Å². The minimum absolute atomic E-state index is 0.0371. The van der Waals surface area contributed by atoms with E-state index in [1.165, 1.54) is 7.11 Å². The maximum atomic E-state index is 12.4. The summed E-state index contributed by atoms with van der Waals surface area (Å²) >= 11 is 0. The third kappa shape index (κ3) is 1.59. The van der Waals surface area contributed by atoms with Crippen LogP contribution in [0.15, 0.2) is 18.2 Å². The maximum Gasteiger partial charge on any atom is 0.311 e. The van der Waals surface area contributed by atoms with Crippen molar-refractivity contribution in [2.75, 3.05) is 14.2 Å². The summed E-state index contributed by atoms with van der Waals surface area (Å²) in [6.07, 6.45) is 2.54. The highest BCUT2D eigenvalue weighted by atomic mass is 16.5. The first-order chi connectivity index (χ1) is 10.5. The van der Waals surface area contributed by atoms with Crippen LogP contribution in [0.4, 0.5) is 0 Å². The molecule has 0 saturated heterocycles. The van der Waals surface area contributed by atoms with Crippen LogP contribution in [-0.2, 0) is 9.53 Å². The number of benzene rings is 1. The van der Waals surface area contributed by atoms with Crippen molar-refractivity contribution in [2.45, 2.75) is 31.8 Å². The zero-order chi connectivity index (χ0) is 15.5. The van der Waals surface area contributed by atoms with Gasteiger partial charge < -0.3 is 14.2 Å². The van der Waals surface area contributed by atoms with E-state index in [0.717, 1.165) is 19.3 Å². The summed E-state index contributed by atoms with van der Waals surface area (Å²) in [6, 6.07) is 5.29. The van der Waals surface area contributed by atoms with Crippen LogP contribution in [0.3, 0.4) is 0 Å². The Labute approximate surface area is 128 Å². The Kier molecular flexibility index (Phi) is 2.63. The summed E-state index contributed by atoms with van der Waals surface area (Å²) in [5.74, 6) is 1.25. The van der Waals surface area contributed by atoms with Gasteiger partial charge in [-0.25, -0.2) is 0 Å². The number of fused-ring (bicyclic) bond motifs is 1. The van der Waals surface area contributed by atoms with E-state index >= 15 is 0 Å². The lowest BCUT2D eigenvalue weighted by atomic mass is 9.33. The van der Waals surface area contributed by atoms with E-state index in [2.05, 4.69) is 0 Å². The number of methoxy groups -OCH3 is 2. The Hall–Kier alpha value is -2.04. The van der Waals surface area contributed by atoms with Crippen molar-refractivity contribution < 1.29 is 23.8 Å². The van der Waals surface area contributed by atoms with Crippen LogP contribution < -0.4 is 9.47 Å². The standard InChI is InChI=1S/C17H18O5/c1-20-10-3-4-11-12(18)6-14(22-13(11)5-10)16-7-17(8-16,9-16)15(19)21-2/h3-5,14H,6-9H2,1-2H3. The average molecular weight is 302 g/mol. The van der Waals surface area contributed by atoms with Gasteiger partial charge in [-0.2, -0.15) is 0 Å². The van der Waals surface area contributed by atoms with Gasteiger partial charge in [0.25, 0.3) is 0 Å². The second-order valence-electron chi connectivity index (χ2n) is 6.76. The van der Waals surface area contributed by atoms with Crippen molar-refractivity contribution in [3.8, 4) is 11.5 Å². The molecule has 1 aromatic rings. The van der Waals surface area contributed by atoms with Gasteiger partial charge in [0.2, 0.25) is 0 Å². The van der Waals surface area contributed by atoms with E-state index in [0.29, 0.717) is 23.5 Å². The molecule has 0 aromatic heterocycles. The summed E-state index contributed by atoms with van der Waals surface area (Å²) in [5.41, 5.74) is 0.270. The third-order valence-electron chi connectivity index (χ3n) is 5.50. The Morgan fingerprint density at radius 3 is 2.64 bits per heavy atom. The van der Waals surface area contributed by atoms with Crippen molar-refractivity contribution in [2.24, 2.45) is 10.8 Å². The van der Waals surface area contributed by atoms with Gasteiger partial charge in [0.1, 0.15) is 17.6 Å². The molecule has 1 unspecified atom stereocenters. The molecule has 3 fully saturated rings. The van der Waals surface area contributed by atoms with E-state index in [-0.39, 0.29) is 28.7 Å². The molecule has 5 nitrogen and oxygen atoms in total. The lowest BCUT2D eigenvalue weighted by molar-refractivity contribution is -0.253. The fourth-order valence-electron chi connectivity index (χ4n) is 4.41. The molecule has 0 spiro atoms. The second kappa shape index (κ2) is 4.24. The molecule has 1 atom stereocenters. The second-order valence-corrected chi connectivity index (χ2v) is 6.76. The van der Waals surface area contributed by atoms with E-state index in [1.54, 1.807) is 25.3 Å². The van der Waals surface area contributed by atoms with Gasteiger partial charge in [0.05, 0.1) is 25.2 Å². The molecule has 0 N–H and O–H groups in total. The number of carbonyl (C=O) groups is 2. The molecule has 3 saturated carbocycles. The number of esters is 1. The van der Waals surface area contributed by atoms with Gasteiger partial charge in [0.15, 0.2) is 5.78 Å². The highest BCUT2D eigenvalue weighted by Gasteiger charge is 2.75.